The normalized spacial score (nSPS) is 39.1. The van der Waals surface area contributed by atoms with Crippen molar-refractivity contribution in [2.75, 3.05) is 6.61 Å². The first kappa shape index (κ1) is 22.6. The Morgan fingerprint density at radius 2 is 1.90 bits per heavy atom. The molecule has 2 fully saturated rings. The van der Waals surface area contributed by atoms with E-state index < -0.39 is 13.5 Å². The molecule has 0 aromatic carbocycles. The number of hydrogen-bond donors (Lipinski definition) is 2. The monoisotopic (exact) mass is 415 g/mol. The van der Waals surface area contributed by atoms with Gasteiger partial charge in [-0.15, -0.1) is 5.54 Å². The summed E-state index contributed by atoms with van der Waals surface area (Å²) in [6.45, 7) is 16.4. The fourth-order valence-electron chi connectivity index (χ4n) is 6.13. The lowest BCUT2D eigenvalue weighted by atomic mass is 9.43. The fourth-order valence-corrected chi connectivity index (χ4v) is 7.06. The van der Waals surface area contributed by atoms with Crippen molar-refractivity contribution in [3.63, 3.8) is 0 Å². The van der Waals surface area contributed by atoms with Gasteiger partial charge in [0.15, 0.2) is 0 Å². The summed E-state index contributed by atoms with van der Waals surface area (Å²) in [4.78, 5) is 0. The van der Waals surface area contributed by atoms with Crippen LogP contribution in [0.1, 0.15) is 79.6 Å². The van der Waals surface area contributed by atoms with Gasteiger partial charge in [-0.25, -0.2) is 0 Å². The van der Waals surface area contributed by atoms with Gasteiger partial charge < -0.3 is 10.3 Å². The van der Waals surface area contributed by atoms with Crippen molar-refractivity contribution in [2.24, 2.45) is 27.3 Å². The van der Waals surface area contributed by atoms with Crippen LogP contribution in [0.4, 0.5) is 0 Å². The molecular weight excluding hydrogens is 374 g/mol. The zero-order chi connectivity index (χ0) is 21.7. The maximum absolute atomic E-state index is 10.3. The minimum absolute atomic E-state index is 0.00322. The van der Waals surface area contributed by atoms with Gasteiger partial charge in [0.2, 0.25) is 0 Å². The molecule has 0 unspecified atom stereocenters. The van der Waals surface area contributed by atoms with E-state index >= 15 is 0 Å². The second-order valence-electron chi connectivity index (χ2n) is 11.8. The van der Waals surface area contributed by atoms with Crippen molar-refractivity contribution in [2.45, 2.75) is 97.7 Å². The van der Waals surface area contributed by atoms with Gasteiger partial charge in [-0.05, 0) is 66.9 Å². The van der Waals surface area contributed by atoms with Crippen molar-refractivity contribution in [1.82, 2.24) is 0 Å². The standard InChI is InChI=1S/C25H41NO2Si/c1-22(2,3)29(6,7)17-16-25-13-9-8-10-20(25)23(4)14-12-21(26-28)24(5,18-27)19(23)11-15-25/h10,19,27-28H,8-9,11-15,18H2,1-7H3/b26-21+/t19-,23+,24+,25-/m1/s1. The van der Waals surface area contributed by atoms with Gasteiger partial charge in [0.1, 0.15) is 8.07 Å². The minimum atomic E-state index is -1.67. The second-order valence-corrected chi connectivity index (χ2v) is 16.8. The van der Waals surface area contributed by atoms with Crippen molar-refractivity contribution in [1.29, 1.82) is 0 Å². The quantitative estimate of drug-likeness (QED) is 0.177. The Morgan fingerprint density at radius 1 is 1.21 bits per heavy atom. The number of rotatable bonds is 1. The van der Waals surface area contributed by atoms with E-state index in [1.165, 1.54) is 18.4 Å². The van der Waals surface area contributed by atoms with Crippen LogP contribution in [0.5, 0.6) is 0 Å². The molecule has 29 heavy (non-hydrogen) atoms. The van der Waals surface area contributed by atoms with E-state index in [1.807, 2.05) is 0 Å². The van der Waals surface area contributed by atoms with Crippen LogP contribution >= 0.6 is 0 Å². The first-order valence-corrected chi connectivity index (χ1v) is 14.4. The number of aliphatic hydroxyl groups excluding tert-OH is 1. The third-order valence-corrected chi connectivity index (χ3v) is 13.7. The number of nitrogens with zero attached hydrogens (tertiary/aromatic N) is 1. The third kappa shape index (κ3) is 3.43. The van der Waals surface area contributed by atoms with Gasteiger partial charge in [-0.2, -0.15) is 0 Å². The Hall–Kier alpha value is -1.05. The molecule has 0 bridgehead atoms. The molecule has 3 aliphatic carbocycles. The van der Waals surface area contributed by atoms with E-state index in [2.05, 4.69) is 70.4 Å². The van der Waals surface area contributed by atoms with Gasteiger partial charge in [0.05, 0.1) is 17.7 Å². The van der Waals surface area contributed by atoms with Crippen molar-refractivity contribution in [3.05, 3.63) is 11.6 Å². The summed E-state index contributed by atoms with van der Waals surface area (Å²) in [6.07, 6.45) is 9.86. The second kappa shape index (κ2) is 7.27. The van der Waals surface area contributed by atoms with Gasteiger partial charge in [-0.1, -0.05) is 64.9 Å². The number of allylic oxidation sites excluding steroid dienone is 2. The van der Waals surface area contributed by atoms with E-state index in [1.54, 1.807) is 0 Å². The minimum Gasteiger partial charge on any atom is -0.411 e. The molecule has 0 amide bonds. The number of oxime groups is 1. The molecule has 0 aromatic rings. The number of fused-ring (bicyclic) bond motifs is 3. The van der Waals surface area contributed by atoms with Crippen LogP contribution in [0.2, 0.25) is 18.1 Å². The van der Waals surface area contributed by atoms with Gasteiger partial charge in [0, 0.05) is 5.41 Å². The highest BCUT2D eigenvalue weighted by molar-refractivity contribution is 6.87. The molecule has 0 saturated heterocycles. The summed E-state index contributed by atoms with van der Waals surface area (Å²) in [7, 11) is -1.67. The lowest BCUT2D eigenvalue weighted by Gasteiger charge is -2.60. The van der Waals surface area contributed by atoms with Crippen LogP contribution in [0.15, 0.2) is 16.8 Å². The van der Waals surface area contributed by atoms with Crippen molar-refractivity contribution >= 4 is 13.8 Å². The molecule has 4 heteroatoms. The zero-order valence-electron chi connectivity index (χ0n) is 19.7. The molecule has 3 rings (SSSR count). The van der Waals surface area contributed by atoms with Crippen LogP contribution in [-0.4, -0.2) is 30.7 Å². The average molecular weight is 416 g/mol. The highest BCUT2D eigenvalue weighted by Gasteiger charge is 2.60. The Morgan fingerprint density at radius 3 is 2.48 bits per heavy atom. The molecule has 0 spiro atoms. The zero-order valence-corrected chi connectivity index (χ0v) is 20.7. The maximum atomic E-state index is 10.3. The SMILES string of the molecule is CC(C)(C)[Si](C)(C)C#C[C@]12CCCC=C1[C@@]1(C)CC/C(=N\O)[C@@](C)(CO)[C@@H]1CC2. The van der Waals surface area contributed by atoms with Crippen LogP contribution in [0, 0.1) is 33.6 Å². The number of hydrogen-bond acceptors (Lipinski definition) is 3. The Labute approximate surface area is 179 Å². The molecule has 0 heterocycles. The molecule has 3 nitrogen and oxygen atoms in total. The fraction of sp³-hybridized carbons (Fsp3) is 0.800. The van der Waals surface area contributed by atoms with E-state index in [9.17, 15) is 10.3 Å². The summed E-state index contributed by atoms with van der Waals surface area (Å²) >= 11 is 0. The highest BCUT2D eigenvalue weighted by atomic mass is 28.3. The van der Waals surface area contributed by atoms with Gasteiger partial charge in [-0.3, -0.25) is 0 Å². The Balaban J connectivity index is 2.08. The van der Waals surface area contributed by atoms with E-state index in [4.69, 9.17) is 0 Å². The molecule has 2 saturated carbocycles. The highest BCUT2D eigenvalue weighted by Crippen LogP contribution is 2.65. The largest absolute Gasteiger partial charge is 0.411 e. The molecule has 3 aliphatic rings. The lowest BCUT2D eigenvalue weighted by molar-refractivity contribution is -0.00378. The molecule has 162 valence electrons. The number of aliphatic hydroxyl groups is 1. The molecule has 4 atom stereocenters. The first-order chi connectivity index (χ1) is 13.4. The topological polar surface area (TPSA) is 52.8 Å². The molecular formula is C25H41NO2Si. The third-order valence-electron chi connectivity index (χ3n) is 9.16. The molecule has 0 aliphatic heterocycles. The Kier molecular flexibility index (Phi) is 5.67. The maximum Gasteiger partial charge on any atom is 0.137 e. The summed E-state index contributed by atoms with van der Waals surface area (Å²) in [5.41, 5.74) is 5.75. The summed E-state index contributed by atoms with van der Waals surface area (Å²) in [5.74, 6) is 4.21. The van der Waals surface area contributed by atoms with Gasteiger partial charge >= 0.3 is 0 Å². The summed E-state index contributed by atoms with van der Waals surface area (Å²) < 4.78 is 0. The van der Waals surface area contributed by atoms with Crippen molar-refractivity contribution < 1.29 is 10.3 Å². The molecule has 2 N–H and O–H groups in total. The Bertz CT molecular complexity index is 781. The smallest absolute Gasteiger partial charge is 0.137 e. The van der Waals surface area contributed by atoms with E-state index in [0.29, 0.717) is 5.92 Å². The predicted molar refractivity (Wildman–Crippen MR) is 124 cm³/mol. The summed E-state index contributed by atoms with van der Waals surface area (Å²) in [6, 6.07) is 0. The summed E-state index contributed by atoms with van der Waals surface area (Å²) in [5, 5.41) is 23.8. The predicted octanol–water partition coefficient (Wildman–Crippen LogP) is 6.17. The van der Waals surface area contributed by atoms with Crippen LogP contribution in [0.3, 0.4) is 0 Å². The lowest BCUT2D eigenvalue weighted by Crippen LogP contribution is -2.57. The van der Waals surface area contributed by atoms with Crippen molar-refractivity contribution in [3.8, 4) is 11.5 Å². The van der Waals surface area contributed by atoms with Gasteiger partial charge in [0.25, 0.3) is 0 Å². The van der Waals surface area contributed by atoms with Crippen LogP contribution in [-0.2, 0) is 0 Å². The van der Waals surface area contributed by atoms with E-state index in [-0.39, 0.29) is 22.5 Å². The van der Waals surface area contributed by atoms with Crippen LogP contribution < -0.4 is 0 Å². The molecule has 0 radical (unpaired) electrons. The molecule has 0 aromatic heterocycles. The van der Waals surface area contributed by atoms with Crippen LogP contribution in [0.25, 0.3) is 0 Å². The van der Waals surface area contributed by atoms with E-state index in [0.717, 1.165) is 37.8 Å². The first-order valence-electron chi connectivity index (χ1n) is 11.4. The average Bonchev–Trinajstić information content (AvgIpc) is 2.66.